The maximum atomic E-state index is 12.0. The minimum absolute atomic E-state index is 0.0826. The molecule has 0 radical (unpaired) electrons. The Hall–Kier alpha value is -2.06. The predicted molar refractivity (Wildman–Crippen MR) is 73.9 cm³/mol. The van der Waals surface area contributed by atoms with Crippen molar-refractivity contribution < 1.29 is 4.79 Å². The lowest BCUT2D eigenvalue weighted by Gasteiger charge is -2.40. The van der Waals surface area contributed by atoms with Crippen LogP contribution < -0.4 is 10.2 Å². The van der Waals surface area contributed by atoms with Crippen LogP contribution in [0.2, 0.25) is 0 Å². The van der Waals surface area contributed by atoms with E-state index in [0.29, 0.717) is 12.1 Å². The van der Waals surface area contributed by atoms with Crippen molar-refractivity contribution in [2.24, 2.45) is 0 Å². The van der Waals surface area contributed by atoms with Crippen molar-refractivity contribution in [1.29, 1.82) is 5.26 Å². The molecule has 1 aliphatic heterocycles. The Bertz CT molecular complexity index is 508. The number of benzene rings is 1. The molecule has 0 aliphatic carbocycles. The van der Waals surface area contributed by atoms with Gasteiger partial charge in [0, 0.05) is 20.1 Å². The number of hydrogen-bond donors (Lipinski definition) is 1. The molecule has 0 saturated carbocycles. The fourth-order valence-corrected chi connectivity index (χ4v) is 2.38. The number of rotatable bonds is 3. The highest BCUT2D eigenvalue weighted by Gasteiger charge is 2.30. The van der Waals surface area contributed by atoms with Crippen LogP contribution in [0.1, 0.15) is 5.56 Å². The summed E-state index contributed by atoms with van der Waals surface area (Å²) in [5.74, 6) is 0.0826. The third-order valence-electron chi connectivity index (χ3n) is 3.50. The molecule has 1 aromatic carbocycles. The summed E-state index contributed by atoms with van der Waals surface area (Å²) >= 11 is 0. The molecule has 0 spiro atoms. The Kier molecular flexibility index (Phi) is 4.03. The molecular weight excluding hydrogens is 240 g/mol. The molecule has 1 saturated heterocycles. The van der Waals surface area contributed by atoms with Crippen molar-refractivity contribution >= 4 is 11.6 Å². The zero-order chi connectivity index (χ0) is 13.8. The molecule has 1 aliphatic rings. The lowest BCUT2D eigenvalue weighted by atomic mass is 10.1. The van der Waals surface area contributed by atoms with Gasteiger partial charge < -0.3 is 15.1 Å². The number of nitriles is 1. The monoisotopic (exact) mass is 258 g/mol. The molecule has 100 valence electrons. The second-order valence-corrected chi connectivity index (χ2v) is 4.73. The van der Waals surface area contributed by atoms with E-state index in [9.17, 15) is 4.79 Å². The van der Waals surface area contributed by atoms with Gasteiger partial charge in [0.2, 0.25) is 5.91 Å². The van der Waals surface area contributed by atoms with Gasteiger partial charge in [-0.15, -0.1) is 0 Å². The zero-order valence-corrected chi connectivity index (χ0v) is 11.3. The minimum atomic E-state index is 0.0826. The standard InChI is InChI=1S/C14H18N4O/c1-16-8-12-9-18(10-14(19)17(12)2)13-6-4-3-5-11(13)7-15/h3-6,12,16H,8-10H2,1-2H3. The van der Waals surface area contributed by atoms with Gasteiger partial charge in [-0.05, 0) is 19.2 Å². The number of carbonyl (C=O) groups excluding carboxylic acids is 1. The second kappa shape index (κ2) is 5.72. The molecule has 5 nitrogen and oxygen atoms in total. The average Bonchev–Trinajstić information content (AvgIpc) is 2.43. The number of para-hydroxylation sites is 1. The lowest BCUT2D eigenvalue weighted by Crippen LogP contribution is -2.57. The molecule has 1 aromatic rings. The summed E-state index contributed by atoms with van der Waals surface area (Å²) in [6.45, 7) is 1.81. The third-order valence-corrected chi connectivity index (χ3v) is 3.50. The fourth-order valence-electron chi connectivity index (χ4n) is 2.38. The van der Waals surface area contributed by atoms with Crippen LogP contribution in [0.5, 0.6) is 0 Å². The topological polar surface area (TPSA) is 59.4 Å². The van der Waals surface area contributed by atoms with Gasteiger partial charge in [-0.25, -0.2) is 0 Å². The number of nitrogens with zero attached hydrogens (tertiary/aromatic N) is 3. The van der Waals surface area contributed by atoms with E-state index in [-0.39, 0.29) is 11.9 Å². The molecule has 5 heteroatoms. The van der Waals surface area contributed by atoms with E-state index in [1.165, 1.54) is 0 Å². The van der Waals surface area contributed by atoms with Gasteiger partial charge in [0.05, 0.1) is 23.8 Å². The Morgan fingerprint density at radius 1 is 1.47 bits per heavy atom. The van der Waals surface area contributed by atoms with Crippen molar-refractivity contribution in [2.45, 2.75) is 6.04 Å². The molecular formula is C14H18N4O. The van der Waals surface area contributed by atoms with Gasteiger partial charge in [0.15, 0.2) is 0 Å². The molecule has 0 aromatic heterocycles. The van der Waals surface area contributed by atoms with Crippen LogP contribution in [0.3, 0.4) is 0 Å². The van der Waals surface area contributed by atoms with Crippen molar-refractivity contribution in [3.8, 4) is 6.07 Å². The van der Waals surface area contributed by atoms with Gasteiger partial charge in [0.1, 0.15) is 6.07 Å². The first-order chi connectivity index (χ1) is 9.17. The first-order valence-electron chi connectivity index (χ1n) is 6.31. The number of amides is 1. The largest absolute Gasteiger partial charge is 0.359 e. The summed E-state index contributed by atoms with van der Waals surface area (Å²) in [7, 11) is 3.71. The van der Waals surface area contributed by atoms with E-state index in [1.807, 2.05) is 37.2 Å². The number of anilines is 1. The Labute approximate surface area is 113 Å². The van der Waals surface area contributed by atoms with Crippen LogP contribution in [0.4, 0.5) is 5.69 Å². The van der Waals surface area contributed by atoms with Gasteiger partial charge in [0.25, 0.3) is 0 Å². The summed E-state index contributed by atoms with van der Waals surface area (Å²) in [6, 6.07) is 9.72. The predicted octanol–water partition coefficient (Wildman–Crippen LogP) is 0.425. The van der Waals surface area contributed by atoms with Crippen molar-refractivity contribution in [2.75, 3.05) is 38.6 Å². The maximum absolute atomic E-state index is 12.0. The first-order valence-corrected chi connectivity index (χ1v) is 6.31. The van der Waals surface area contributed by atoms with Gasteiger partial charge in [-0.1, -0.05) is 12.1 Å². The van der Waals surface area contributed by atoms with Crippen LogP contribution in [-0.2, 0) is 4.79 Å². The number of piperazine rings is 1. The van der Waals surface area contributed by atoms with Crippen LogP contribution in [-0.4, -0.2) is 50.6 Å². The lowest BCUT2D eigenvalue weighted by molar-refractivity contribution is -0.131. The Morgan fingerprint density at radius 2 is 2.21 bits per heavy atom. The summed E-state index contributed by atoms with van der Waals surface area (Å²) in [5.41, 5.74) is 1.45. The van der Waals surface area contributed by atoms with E-state index in [4.69, 9.17) is 5.26 Å². The molecule has 1 N–H and O–H groups in total. The zero-order valence-electron chi connectivity index (χ0n) is 11.3. The average molecular weight is 258 g/mol. The fraction of sp³-hybridized carbons (Fsp3) is 0.429. The smallest absolute Gasteiger partial charge is 0.242 e. The van der Waals surface area contributed by atoms with Gasteiger partial charge in [-0.2, -0.15) is 5.26 Å². The van der Waals surface area contributed by atoms with E-state index in [1.54, 1.807) is 11.0 Å². The molecule has 2 rings (SSSR count). The second-order valence-electron chi connectivity index (χ2n) is 4.73. The van der Waals surface area contributed by atoms with Crippen molar-refractivity contribution in [3.63, 3.8) is 0 Å². The van der Waals surface area contributed by atoms with Crippen LogP contribution in [0.15, 0.2) is 24.3 Å². The van der Waals surface area contributed by atoms with Crippen LogP contribution in [0, 0.1) is 11.3 Å². The van der Waals surface area contributed by atoms with E-state index >= 15 is 0 Å². The Balaban J connectivity index is 2.26. The minimum Gasteiger partial charge on any atom is -0.359 e. The van der Waals surface area contributed by atoms with Crippen LogP contribution >= 0.6 is 0 Å². The van der Waals surface area contributed by atoms with E-state index < -0.39 is 0 Å². The maximum Gasteiger partial charge on any atom is 0.242 e. The van der Waals surface area contributed by atoms with Gasteiger partial charge >= 0.3 is 0 Å². The van der Waals surface area contributed by atoms with Crippen LogP contribution in [0.25, 0.3) is 0 Å². The molecule has 1 atom stereocenters. The van der Waals surface area contributed by atoms with E-state index in [0.717, 1.165) is 18.8 Å². The number of likely N-dealkylation sites (N-methyl/N-ethyl adjacent to an activating group) is 2. The number of carbonyl (C=O) groups is 1. The molecule has 1 fully saturated rings. The normalized spacial score (nSPS) is 19.4. The number of hydrogen-bond acceptors (Lipinski definition) is 4. The highest BCUT2D eigenvalue weighted by molar-refractivity contribution is 5.83. The summed E-state index contributed by atoms with van der Waals surface area (Å²) in [6.07, 6.45) is 0. The SMILES string of the molecule is CNCC1CN(c2ccccc2C#N)CC(=O)N1C. The number of nitrogens with one attached hydrogen (secondary N) is 1. The summed E-state index contributed by atoms with van der Waals surface area (Å²) in [4.78, 5) is 15.8. The molecule has 19 heavy (non-hydrogen) atoms. The van der Waals surface area contributed by atoms with Gasteiger partial charge in [-0.3, -0.25) is 4.79 Å². The summed E-state index contributed by atoms with van der Waals surface area (Å²) < 4.78 is 0. The molecule has 1 heterocycles. The third kappa shape index (κ3) is 2.69. The first kappa shape index (κ1) is 13.4. The summed E-state index contributed by atoms with van der Waals surface area (Å²) in [5, 5.41) is 12.3. The Morgan fingerprint density at radius 3 is 2.89 bits per heavy atom. The van der Waals surface area contributed by atoms with Crippen molar-refractivity contribution in [3.05, 3.63) is 29.8 Å². The molecule has 1 unspecified atom stereocenters. The van der Waals surface area contributed by atoms with Crippen molar-refractivity contribution in [1.82, 2.24) is 10.2 Å². The quantitative estimate of drug-likeness (QED) is 0.854. The molecule has 1 amide bonds. The highest BCUT2D eigenvalue weighted by atomic mass is 16.2. The molecule has 0 bridgehead atoms. The van der Waals surface area contributed by atoms with E-state index in [2.05, 4.69) is 11.4 Å². The highest BCUT2D eigenvalue weighted by Crippen LogP contribution is 2.22.